The van der Waals surface area contributed by atoms with Crippen LogP contribution in [0.4, 0.5) is 0 Å². The van der Waals surface area contributed by atoms with Crippen LogP contribution in [0.2, 0.25) is 0 Å². The van der Waals surface area contributed by atoms with Gasteiger partial charge in [-0.2, -0.15) is 0 Å². The van der Waals surface area contributed by atoms with Gasteiger partial charge >= 0.3 is 0 Å². The second kappa shape index (κ2) is 7.91. The van der Waals surface area contributed by atoms with Crippen LogP contribution in [0.5, 0.6) is 0 Å². The average Bonchev–Trinajstić information content (AvgIpc) is 2.47. The molecule has 0 aromatic carbocycles. The second-order valence-corrected chi connectivity index (χ2v) is 7.60. The van der Waals surface area contributed by atoms with Crippen molar-refractivity contribution in [3.05, 3.63) is 0 Å². The van der Waals surface area contributed by atoms with E-state index in [0.717, 1.165) is 12.6 Å². The minimum atomic E-state index is 0.280. The summed E-state index contributed by atoms with van der Waals surface area (Å²) < 4.78 is 0. The highest BCUT2D eigenvalue weighted by Gasteiger charge is 2.30. The highest BCUT2D eigenvalue weighted by molar-refractivity contribution is 4.89. The van der Waals surface area contributed by atoms with Gasteiger partial charge in [-0.25, -0.2) is 0 Å². The fourth-order valence-corrected chi connectivity index (χ4v) is 3.59. The van der Waals surface area contributed by atoms with Crippen LogP contribution in [0.1, 0.15) is 40.0 Å². The standard InChI is InChI=1S/C17H36N4/c1-5-8-20-9-6-16(7-10-20)18-15-17(2,3)21-13-11-19(4)12-14-21/h16,18H,5-15H2,1-4H3. The summed E-state index contributed by atoms with van der Waals surface area (Å²) in [4.78, 5) is 7.71. The van der Waals surface area contributed by atoms with E-state index < -0.39 is 0 Å². The zero-order valence-corrected chi connectivity index (χ0v) is 14.7. The van der Waals surface area contributed by atoms with E-state index in [0.29, 0.717) is 0 Å². The molecule has 21 heavy (non-hydrogen) atoms. The SMILES string of the molecule is CCCN1CCC(NCC(C)(C)N2CCN(C)CC2)CC1. The van der Waals surface area contributed by atoms with Gasteiger partial charge in [0.15, 0.2) is 0 Å². The lowest BCUT2D eigenvalue weighted by Crippen LogP contribution is -2.58. The smallest absolute Gasteiger partial charge is 0.0278 e. The molecule has 0 unspecified atom stereocenters. The Morgan fingerprint density at radius 1 is 1.00 bits per heavy atom. The summed E-state index contributed by atoms with van der Waals surface area (Å²) in [6.07, 6.45) is 3.92. The number of nitrogens with zero attached hydrogens (tertiary/aromatic N) is 3. The molecule has 2 aliphatic rings. The van der Waals surface area contributed by atoms with Crippen molar-refractivity contribution in [3.63, 3.8) is 0 Å². The first-order valence-corrected chi connectivity index (χ1v) is 8.90. The Morgan fingerprint density at radius 3 is 2.19 bits per heavy atom. The quantitative estimate of drug-likeness (QED) is 0.801. The first-order chi connectivity index (χ1) is 10.0. The van der Waals surface area contributed by atoms with E-state index in [9.17, 15) is 0 Å². The number of piperazine rings is 1. The second-order valence-electron chi connectivity index (χ2n) is 7.60. The van der Waals surface area contributed by atoms with Gasteiger partial charge in [-0.1, -0.05) is 6.92 Å². The molecule has 2 aliphatic heterocycles. The van der Waals surface area contributed by atoms with E-state index >= 15 is 0 Å². The van der Waals surface area contributed by atoms with Crippen LogP contribution in [-0.2, 0) is 0 Å². The maximum absolute atomic E-state index is 3.85. The van der Waals surface area contributed by atoms with E-state index in [1.807, 2.05) is 0 Å². The molecule has 2 saturated heterocycles. The molecule has 124 valence electrons. The molecule has 4 heteroatoms. The van der Waals surface area contributed by atoms with Crippen molar-refractivity contribution in [1.82, 2.24) is 20.0 Å². The van der Waals surface area contributed by atoms with Crippen LogP contribution in [-0.4, -0.2) is 85.7 Å². The largest absolute Gasteiger partial charge is 0.312 e. The van der Waals surface area contributed by atoms with Crippen molar-refractivity contribution >= 4 is 0 Å². The zero-order chi connectivity index (χ0) is 15.3. The number of hydrogen-bond acceptors (Lipinski definition) is 4. The third-order valence-electron chi connectivity index (χ3n) is 5.31. The molecule has 0 saturated carbocycles. The molecule has 0 aromatic rings. The number of rotatable bonds is 6. The lowest BCUT2D eigenvalue weighted by atomic mass is 9.99. The molecular weight excluding hydrogens is 260 g/mol. The molecule has 2 rings (SSSR count). The molecule has 4 nitrogen and oxygen atoms in total. The molecule has 0 atom stereocenters. The van der Waals surface area contributed by atoms with Crippen LogP contribution >= 0.6 is 0 Å². The van der Waals surface area contributed by atoms with Crippen LogP contribution in [0.3, 0.4) is 0 Å². The predicted octanol–water partition coefficient (Wildman–Crippen LogP) is 1.48. The van der Waals surface area contributed by atoms with Gasteiger partial charge in [0.2, 0.25) is 0 Å². The van der Waals surface area contributed by atoms with Gasteiger partial charge in [0.05, 0.1) is 0 Å². The molecule has 0 spiro atoms. The molecule has 2 fully saturated rings. The van der Waals surface area contributed by atoms with E-state index in [1.54, 1.807) is 0 Å². The first-order valence-electron chi connectivity index (χ1n) is 8.90. The molecular formula is C17H36N4. The average molecular weight is 297 g/mol. The van der Waals surface area contributed by atoms with Gasteiger partial charge in [-0.3, -0.25) is 4.90 Å². The van der Waals surface area contributed by atoms with Crippen molar-refractivity contribution in [3.8, 4) is 0 Å². The van der Waals surface area contributed by atoms with Gasteiger partial charge in [-0.05, 0) is 59.8 Å². The first kappa shape index (κ1) is 17.2. The lowest BCUT2D eigenvalue weighted by Gasteiger charge is -2.44. The third kappa shape index (κ3) is 5.20. The Balaban J connectivity index is 1.70. The van der Waals surface area contributed by atoms with Gasteiger partial charge < -0.3 is 15.1 Å². The molecule has 0 amide bonds. The van der Waals surface area contributed by atoms with Crippen LogP contribution < -0.4 is 5.32 Å². The maximum atomic E-state index is 3.85. The fraction of sp³-hybridized carbons (Fsp3) is 1.00. The van der Waals surface area contributed by atoms with Crippen molar-refractivity contribution in [2.24, 2.45) is 0 Å². The molecule has 0 aromatic heterocycles. The van der Waals surface area contributed by atoms with Crippen LogP contribution in [0.15, 0.2) is 0 Å². The highest BCUT2D eigenvalue weighted by atomic mass is 15.3. The Kier molecular flexibility index (Phi) is 6.48. The number of hydrogen-bond donors (Lipinski definition) is 1. The minimum absolute atomic E-state index is 0.280. The topological polar surface area (TPSA) is 21.8 Å². The molecule has 0 radical (unpaired) electrons. The van der Waals surface area contributed by atoms with Gasteiger partial charge in [0, 0.05) is 44.3 Å². The summed E-state index contributed by atoms with van der Waals surface area (Å²) in [5, 5.41) is 3.85. The van der Waals surface area contributed by atoms with E-state index in [1.165, 1.54) is 65.1 Å². The summed E-state index contributed by atoms with van der Waals surface area (Å²) in [6.45, 7) is 16.9. The van der Waals surface area contributed by atoms with E-state index in [-0.39, 0.29) is 5.54 Å². The summed E-state index contributed by atoms with van der Waals surface area (Å²) in [5.74, 6) is 0. The van der Waals surface area contributed by atoms with Crippen molar-refractivity contribution in [2.75, 3.05) is 59.4 Å². The molecule has 2 heterocycles. The van der Waals surface area contributed by atoms with E-state index in [2.05, 4.69) is 47.8 Å². The Hall–Kier alpha value is -0.160. The number of piperidine rings is 1. The summed E-state index contributed by atoms with van der Waals surface area (Å²) in [5.41, 5.74) is 0.280. The molecule has 0 aliphatic carbocycles. The van der Waals surface area contributed by atoms with Crippen molar-refractivity contribution in [1.29, 1.82) is 0 Å². The number of likely N-dealkylation sites (tertiary alicyclic amines) is 1. The number of nitrogens with one attached hydrogen (secondary N) is 1. The molecule has 1 N–H and O–H groups in total. The maximum Gasteiger partial charge on any atom is 0.0278 e. The summed E-state index contributed by atoms with van der Waals surface area (Å²) in [7, 11) is 2.23. The van der Waals surface area contributed by atoms with Gasteiger partial charge in [-0.15, -0.1) is 0 Å². The Morgan fingerprint density at radius 2 is 1.62 bits per heavy atom. The minimum Gasteiger partial charge on any atom is -0.312 e. The van der Waals surface area contributed by atoms with Crippen molar-refractivity contribution in [2.45, 2.75) is 51.6 Å². The van der Waals surface area contributed by atoms with Gasteiger partial charge in [0.1, 0.15) is 0 Å². The van der Waals surface area contributed by atoms with Crippen LogP contribution in [0.25, 0.3) is 0 Å². The summed E-state index contributed by atoms with van der Waals surface area (Å²) in [6, 6.07) is 0.727. The number of likely N-dealkylation sites (N-methyl/N-ethyl adjacent to an activating group) is 1. The normalized spacial score (nSPS) is 24.6. The van der Waals surface area contributed by atoms with Gasteiger partial charge in [0.25, 0.3) is 0 Å². The molecule has 0 bridgehead atoms. The van der Waals surface area contributed by atoms with E-state index in [4.69, 9.17) is 0 Å². The summed E-state index contributed by atoms with van der Waals surface area (Å²) >= 11 is 0. The monoisotopic (exact) mass is 296 g/mol. The predicted molar refractivity (Wildman–Crippen MR) is 90.9 cm³/mol. The van der Waals surface area contributed by atoms with Crippen LogP contribution in [0, 0.1) is 0 Å². The van der Waals surface area contributed by atoms with Crippen molar-refractivity contribution < 1.29 is 0 Å². The third-order valence-corrected chi connectivity index (χ3v) is 5.31. The fourth-order valence-electron chi connectivity index (χ4n) is 3.59. The lowest BCUT2D eigenvalue weighted by molar-refractivity contribution is 0.0578. The zero-order valence-electron chi connectivity index (χ0n) is 14.7. The highest BCUT2D eigenvalue weighted by Crippen LogP contribution is 2.17. The Labute approximate surface area is 131 Å². The Bertz CT molecular complexity index is 289.